The highest BCUT2D eigenvalue weighted by atomic mass is 32.2. The van der Waals surface area contributed by atoms with Crippen LogP contribution in [-0.4, -0.2) is 52.0 Å². The van der Waals surface area contributed by atoms with Crippen molar-refractivity contribution >= 4 is 38.9 Å². The number of hydrazine groups is 1. The fourth-order valence-electron chi connectivity index (χ4n) is 2.07. The number of aryl methyl sites for hydroxylation is 1. The van der Waals surface area contributed by atoms with E-state index in [0.717, 1.165) is 16.1 Å². The van der Waals surface area contributed by atoms with Gasteiger partial charge in [-0.15, -0.1) is 0 Å². The molecular formula is C15H24N4O4S2. The van der Waals surface area contributed by atoms with Crippen LogP contribution >= 0.6 is 12.2 Å². The second kappa shape index (κ2) is 9.54. The molecule has 1 aromatic rings. The fourth-order valence-corrected chi connectivity index (χ4v) is 3.24. The molecule has 1 atom stereocenters. The van der Waals surface area contributed by atoms with Crippen molar-refractivity contribution in [2.45, 2.75) is 19.9 Å². The molecule has 0 spiro atoms. The highest BCUT2D eigenvalue weighted by Crippen LogP contribution is 2.21. The first-order chi connectivity index (χ1) is 11.6. The minimum atomic E-state index is -3.62. The Morgan fingerprint density at radius 3 is 2.52 bits per heavy atom. The van der Waals surface area contributed by atoms with Gasteiger partial charge < -0.3 is 10.1 Å². The van der Waals surface area contributed by atoms with Crippen LogP contribution in [0.25, 0.3) is 0 Å². The molecule has 0 saturated heterocycles. The predicted molar refractivity (Wildman–Crippen MR) is 102 cm³/mol. The Morgan fingerprint density at radius 1 is 1.32 bits per heavy atom. The van der Waals surface area contributed by atoms with Gasteiger partial charge >= 0.3 is 0 Å². The smallest absolute Gasteiger partial charge is 0.259 e. The number of para-hydroxylation sites is 1. The topological polar surface area (TPSA) is 99.8 Å². The Bertz CT molecular complexity index is 709. The summed E-state index contributed by atoms with van der Waals surface area (Å²) in [5, 5.41) is 3.12. The van der Waals surface area contributed by atoms with Crippen molar-refractivity contribution < 1.29 is 17.9 Å². The van der Waals surface area contributed by atoms with E-state index in [1.165, 1.54) is 0 Å². The number of methoxy groups -OCH3 is 1. The van der Waals surface area contributed by atoms with Crippen molar-refractivity contribution in [1.29, 1.82) is 0 Å². The summed E-state index contributed by atoms with van der Waals surface area (Å²) < 4.78 is 30.1. The number of thiocarbonyl (C=S) groups is 1. The van der Waals surface area contributed by atoms with E-state index < -0.39 is 15.9 Å². The van der Waals surface area contributed by atoms with Gasteiger partial charge in [0.15, 0.2) is 5.11 Å². The molecule has 0 fully saturated rings. The van der Waals surface area contributed by atoms with Gasteiger partial charge in [-0.2, -0.15) is 0 Å². The lowest BCUT2D eigenvalue weighted by atomic mass is 10.2. The van der Waals surface area contributed by atoms with Gasteiger partial charge in [-0.05, 0) is 37.7 Å². The van der Waals surface area contributed by atoms with Gasteiger partial charge in [-0.25, -0.2) is 8.42 Å². The highest BCUT2D eigenvalue weighted by Gasteiger charge is 2.22. The highest BCUT2D eigenvalue weighted by molar-refractivity contribution is 7.92. The van der Waals surface area contributed by atoms with Crippen LogP contribution in [0.1, 0.15) is 12.5 Å². The molecule has 0 aliphatic rings. The molecule has 0 aromatic heterocycles. The quantitative estimate of drug-likeness (QED) is 0.456. The summed E-state index contributed by atoms with van der Waals surface area (Å²) in [5.41, 5.74) is 6.12. The van der Waals surface area contributed by atoms with Crippen LogP contribution in [0.2, 0.25) is 0 Å². The average molecular weight is 389 g/mol. The van der Waals surface area contributed by atoms with Crippen molar-refractivity contribution in [2.24, 2.45) is 0 Å². The zero-order chi connectivity index (χ0) is 19.0. The number of sulfonamides is 1. The summed E-state index contributed by atoms with van der Waals surface area (Å²) in [6.45, 7) is 3.72. The van der Waals surface area contributed by atoms with Crippen LogP contribution in [0.15, 0.2) is 24.3 Å². The van der Waals surface area contributed by atoms with Crippen LogP contribution in [0.4, 0.5) is 5.69 Å². The lowest BCUT2D eigenvalue weighted by Crippen LogP contribution is -2.52. The molecule has 1 aromatic carbocycles. The summed E-state index contributed by atoms with van der Waals surface area (Å²) in [6.07, 6.45) is 1.05. The minimum absolute atomic E-state index is 0.0404. The first-order valence-electron chi connectivity index (χ1n) is 7.52. The first kappa shape index (κ1) is 21.1. The Morgan fingerprint density at radius 2 is 1.96 bits per heavy atom. The number of amides is 1. The molecule has 0 radical (unpaired) electrons. The molecule has 3 N–H and O–H groups in total. The number of ether oxygens (including phenoxy) is 1. The molecule has 0 heterocycles. The summed E-state index contributed by atoms with van der Waals surface area (Å²) in [5.74, 6) is -0.544. The molecule has 8 nitrogen and oxygen atoms in total. The largest absolute Gasteiger partial charge is 0.383 e. The third-order valence-electron chi connectivity index (χ3n) is 3.18. The van der Waals surface area contributed by atoms with Crippen LogP contribution < -0.4 is 20.5 Å². The Hall–Kier alpha value is -1.91. The van der Waals surface area contributed by atoms with E-state index in [9.17, 15) is 13.2 Å². The van der Waals surface area contributed by atoms with Crippen molar-refractivity contribution in [3.05, 3.63) is 29.8 Å². The van der Waals surface area contributed by atoms with Crippen molar-refractivity contribution in [3.63, 3.8) is 0 Å². The molecule has 10 heteroatoms. The van der Waals surface area contributed by atoms with E-state index in [4.69, 9.17) is 17.0 Å². The second-order valence-electron chi connectivity index (χ2n) is 5.56. The van der Waals surface area contributed by atoms with Crippen LogP contribution in [-0.2, 0) is 19.6 Å². The molecule has 0 bridgehead atoms. The van der Waals surface area contributed by atoms with Gasteiger partial charge in [0.25, 0.3) is 5.91 Å². The molecule has 0 unspecified atom stereocenters. The maximum Gasteiger partial charge on any atom is 0.259 e. The lowest BCUT2D eigenvalue weighted by molar-refractivity contribution is -0.120. The van der Waals surface area contributed by atoms with Crippen molar-refractivity contribution in [2.75, 3.05) is 30.8 Å². The lowest BCUT2D eigenvalue weighted by Gasteiger charge is -2.24. The monoisotopic (exact) mass is 388 g/mol. The molecular weight excluding hydrogens is 364 g/mol. The molecule has 0 aliphatic carbocycles. The van der Waals surface area contributed by atoms with Gasteiger partial charge in [0.1, 0.15) is 6.54 Å². The van der Waals surface area contributed by atoms with Crippen molar-refractivity contribution in [3.8, 4) is 0 Å². The van der Waals surface area contributed by atoms with E-state index in [2.05, 4.69) is 16.2 Å². The number of hydrogen-bond donors (Lipinski definition) is 3. The minimum Gasteiger partial charge on any atom is -0.383 e. The number of carbonyl (C=O) groups is 1. The Balaban J connectivity index is 2.69. The van der Waals surface area contributed by atoms with E-state index in [1.54, 1.807) is 38.3 Å². The maximum absolute atomic E-state index is 12.1. The zero-order valence-corrected chi connectivity index (χ0v) is 16.3. The first-order valence-corrected chi connectivity index (χ1v) is 9.78. The summed E-state index contributed by atoms with van der Waals surface area (Å²) >= 11 is 5.04. The zero-order valence-electron chi connectivity index (χ0n) is 14.7. The van der Waals surface area contributed by atoms with E-state index in [1.807, 2.05) is 6.92 Å². The van der Waals surface area contributed by atoms with Gasteiger partial charge in [-0.3, -0.25) is 20.0 Å². The van der Waals surface area contributed by atoms with Crippen LogP contribution in [0.5, 0.6) is 0 Å². The maximum atomic E-state index is 12.1. The molecule has 0 saturated carbocycles. The molecule has 140 valence electrons. The number of anilines is 1. The van der Waals surface area contributed by atoms with Gasteiger partial charge in [0.05, 0.1) is 18.6 Å². The Kier molecular flexibility index (Phi) is 8.07. The van der Waals surface area contributed by atoms with Crippen LogP contribution in [0.3, 0.4) is 0 Å². The van der Waals surface area contributed by atoms with Crippen molar-refractivity contribution in [1.82, 2.24) is 16.2 Å². The molecule has 25 heavy (non-hydrogen) atoms. The number of hydrogen-bond acceptors (Lipinski definition) is 5. The second-order valence-corrected chi connectivity index (χ2v) is 7.87. The SMILES string of the molecule is COC[C@H](C)NC(=S)NNC(=O)CN(c1ccccc1C)S(C)(=O)=O. The summed E-state index contributed by atoms with van der Waals surface area (Å²) in [6, 6.07) is 6.90. The fraction of sp³-hybridized carbons (Fsp3) is 0.467. The third-order valence-corrected chi connectivity index (χ3v) is 4.53. The Labute approximate surface area is 153 Å². The van der Waals surface area contributed by atoms with Gasteiger partial charge in [0.2, 0.25) is 10.0 Å². The molecule has 1 amide bonds. The summed E-state index contributed by atoms with van der Waals surface area (Å²) in [7, 11) is -2.05. The molecule has 1 rings (SSSR count). The third kappa shape index (κ3) is 7.24. The number of nitrogens with zero attached hydrogens (tertiary/aromatic N) is 1. The number of benzene rings is 1. The predicted octanol–water partition coefficient (Wildman–Crippen LogP) is 0.291. The van der Waals surface area contributed by atoms with Crippen LogP contribution in [0, 0.1) is 6.92 Å². The standard InChI is InChI=1S/C15H24N4O4S2/c1-11-7-5-6-8-13(11)19(25(4,21)22)9-14(20)17-18-15(24)16-12(2)10-23-3/h5-8,12H,9-10H2,1-4H3,(H,17,20)(H2,16,18,24)/t12-/m0/s1. The van der Waals surface area contributed by atoms with E-state index >= 15 is 0 Å². The number of nitrogens with one attached hydrogen (secondary N) is 3. The van der Waals surface area contributed by atoms with E-state index in [-0.39, 0.29) is 17.7 Å². The number of carbonyl (C=O) groups excluding carboxylic acids is 1. The average Bonchev–Trinajstić information content (AvgIpc) is 2.50. The van der Waals surface area contributed by atoms with E-state index in [0.29, 0.717) is 12.3 Å². The van der Waals surface area contributed by atoms with Gasteiger partial charge in [-0.1, -0.05) is 18.2 Å². The number of rotatable bonds is 7. The van der Waals surface area contributed by atoms with Gasteiger partial charge in [0, 0.05) is 13.2 Å². The summed E-state index contributed by atoms with van der Waals surface area (Å²) in [4.78, 5) is 12.1. The normalized spacial score (nSPS) is 12.2. The molecule has 0 aliphatic heterocycles.